The first-order valence-electron chi connectivity index (χ1n) is 8.31. The van der Waals surface area contributed by atoms with Gasteiger partial charge in [0.15, 0.2) is 0 Å². The van der Waals surface area contributed by atoms with E-state index in [1.54, 1.807) is 16.9 Å². The smallest absolute Gasteiger partial charge is 0.412 e. The van der Waals surface area contributed by atoms with E-state index >= 15 is 0 Å². The van der Waals surface area contributed by atoms with Crippen LogP contribution in [0, 0.1) is 6.92 Å². The summed E-state index contributed by atoms with van der Waals surface area (Å²) in [6, 6.07) is 15.0. The summed E-state index contributed by atoms with van der Waals surface area (Å²) < 4.78 is 37.6. The SMILES string of the molecule is Cc1nc2ccccc2n1OCCc1ccc(/C=N/OCC(F)(F)F)cc1. The maximum absolute atomic E-state index is 11.9. The van der Waals surface area contributed by atoms with Gasteiger partial charge in [0, 0.05) is 6.42 Å². The summed E-state index contributed by atoms with van der Waals surface area (Å²) in [5.74, 6) is 0.779. The van der Waals surface area contributed by atoms with E-state index in [0.717, 1.165) is 22.4 Å². The summed E-state index contributed by atoms with van der Waals surface area (Å²) in [5, 5.41) is 3.31. The van der Waals surface area contributed by atoms with Crippen LogP contribution < -0.4 is 4.84 Å². The number of hydrogen-bond acceptors (Lipinski definition) is 4. The maximum atomic E-state index is 11.9. The van der Waals surface area contributed by atoms with Crippen molar-refractivity contribution in [2.75, 3.05) is 13.2 Å². The van der Waals surface area contributed by atoms with Crippen LogP contribution in [0.4, 0.5) is 13.2 Å². The van der Waals surface area contributed by atoms with Gasteiger partial charge in [-0.25, -0.2) is 4.98 Å². The fourth-order valence-corrected chi connectivity index (χ4v) is 2.52. The van der Waals surface area contributed by atoms with Crippen molar-refractivity contribution in [2.45, 2.75) is 19.5 Å². The molecule has 0 spiro atoms. The van der Waals surface area contributed by atoms with E-state index in [2.05, 4.69) is 15.0 Å². The van der Waals surface area contributed by atoms with Crippen LogP contribution in [-0.4, -0.2) is 35.3 Å². The van der Waals surface area contributed by atoms with E-state index in [1.165, 1.54) is 6.21 Å². The van der Waals surface area contributed by atoms with Gasteiger partial charge in [-0.3, -0.25) is 0 Å². The Labute approximate surface area is 154 Å². The number of imidazole rings is 1. The second kappa shape index (κ2) is 8.11. The predicted octanol–water partition coefficient (Wildman–Crippen LogP) is 3.93. The summed E-state index contributed by atoms with van der Waals surface area (Å²) >= 11 is 0. The second-order valence-corrected chi connectivity index (χ2v) is 5.89. The number of halogens is 3. The highest BCUT2D eigenvalue weighted by molar-refractivity contribution is 5.79. The standard InChI is InChI=1S/C19H18F3N3O2/c1-14-24-17-4-2-3-5-18(17)25(14)27-11-10-15-6-8-16(9-7-15)12-23-26-13-19(20,21)22/h2-9,12H,10-11,13H2,1H3/b23-12+. The molecule has 0 saturated carbocycles. The van der Waals surface area contributed by atoms with E-state index in [9.17, 15) is 13.2 Å². The number of hydrogen-bond donors (Lipinski definition) is 0. The third kappa shape index (κ3) is 5.22. The fraction of sp³-hybridized carbons (Fsp3) is 0.263. The van der Waals surface area contributed by atoms with Gasteiger partial charge >= 0.3 is 6.18 Å². The number of aromatic nitrogens is 2. The normalized spacial score (nSPS) is 12.0. The molecule has 1 heterocycles. The molecule has 2 aromatic carbocycles. The van der Waals surface area contributed by atoms with Crippen LogP contribution in [0.2, 0.25) is 0 Å². The molecule has 0 N–H and O–H groups in total. The number of benzene rings is 2. The lowest BCUT2D eigenvalue weighted by Crippen LogP contribution is -2.15. The van der Waals surface area contributed by atoms with Crippen molar-refractivity contribution in [1.29, 1.82) is 0 Å². The number of rotatable bonds is 7. The Hall–Kier alpha value is -3.03. The van der Waals surface area contributed by atoms with Gasteiger partial charge in [-0.05, 0) is 30.2 Å². The molecule has 0 radical (unpaired) electrons. The zero-order valence-electron chi connectivity index (χ0n) is 14.6. The van der Waals surface area contributed by atoms with Gasteiger partial charge in [0.05, 0.1) is 11.7 Å². The molecule has 0 aliphatic rings. The molecule has 0 unspecified atom stereocenters. The number of fused-ring (bicyclic) bond motifs is 1. The maximum Gasteiger partial charge on any atom is 0.425 e. The quantitative estimate of drug-likeness (QED) is 0.463. The van der Waals surface area contributed by atoms with E-state index in [-0.39, 0.29) is 0 Å². The third-order valence-electron chi connectivity index (χ3n) is 3.77. The highest BCUT2D eigenvalue weighted by Gasteiger charge is 2.28. The number of para-hydroxylation sites is 2. The molecule has 0 aliphatic heterocycles. The van der Waals surface area contributed by atoms with Crippen molar-refractivity contribution >= 4 is 17.2 Å². The van der Waals surface area contributed by atoms with Crippen molar-refractivity contribution in [3.05, 3.63) is 65.5 Å². The van der Waals surface area contributed by atoms with Crippen LogP contribution in [0.5, 0.6) is 0 Å². The summed E-state index contributed by atoms with van der Waals surface area (Å²) in [5.41, 5.74) is 3.48. The van der Waals surface area contributed by atoms with Gasteiger partial charge in [-0.15, -0.1) is 0 Å². The van der Waals surface area contributed by atoms with Crippen molar-refractivity contribution in [3.63, 3.8) is 0 Å². The van der Waals surface area contributed by atoms with E-state index in [0.29, 0.717) is 18.6 Å². The Morgan fingerprint density at radius 2 is 1.85 bits per heavy atom. The number of oxime groups is 1. The molecule has 8 heteroatoms. The largest absolute Gasteiger partial charge is 0.425 e. The molecule has 0 fully saturated rings. The first kappa shape index (κ1) is 18.8. The van der Waals surface area contributed by atoms with Gasteiger partial charge in [-0.1, -0.05) is 41.6 Å². The molecule has 3 rings (SSSR count). The molecule has 0 bridgehead atoms. The van der Waals surface area contributed by atoms with Crippen LogP contribution in [0.15, 0.2) is 53.7 Å². The third-order valence-corrected chi connectivity index (χ3v) is 3.77. The minimum Gasteiger partial charge on any atom is -0.412 e. The molecule has 142 valence electrons. The number of alkyl halides is 3. The molecule has 1 aromatic heterocycles. The van der Waals surface area contributed by atoms with Crippen LogP contribution in [0.3, 0.4) is 0 Å². The Bertz CT molecular complexity index is 918. The van der Waals surface area contributed by atoms with Gasteiger partial charge in [0.1, 0.15) is 17.9 Å². The lowest BCUT2D eigenvalue weighted by atomic mass is 10.1. The van der Waals surface area contributed by atoms with Crippen molar-refractivity contribution < 1.29 is 22.8 Å². The average Bonchev–Trinajstić information content (AvgIpc) is 2.95. The summed E-state index contributed by atoms with van der Waals surface area (Å²) in [4.78, 5) is 14.5. The van der Waals surface area contributed by atoms with Crippen LogP contribution in [0.25, 0.3) is 11.0 Å². The predicted molar refractivity (Wildman–Crippen MR) is 95.7 cm³/mol. The van der Waals surface area contributed by atoms with Crippen molar-refractivity contribution in [1.82, 2.24) is 9.71 Å². The minimum absolute atomic E-state index is 0.462. The van der Waals surface area contributed by atoms with E-state index in [4.69, 9.17) is 4.84 Å². The average molecular weight is 377 g/mol. The zero-order valence-corrected chi connectivity index (χ0v) is 14.6. The Balaban J connectivity index is 1.51. The molecular formula is C19H18F3N3O2. The summed E-state index contributed by atoms with van der Waals surface area (Å²) in [7, 11) is 0. The lowest BCUT2D eigenvalue weighted by Gasteiger charge is -2.09. The lowest BCUT2D eigenvalue weighted by molar-refractivity contribution is -0.173. The number of aryl methyl sites for hydroxylation is 1. The Morgan fingerprint density at radius 1 is 1.11 bits per heavy atom. The van der Waals surface area contributed by atoms with Crippen LogP contribution in [-0.2, 0) is 11.3 Å². The Morgan fingerprint density at radius 3 is 2.59 bits per heavy atom. The zero-order chi connectivity index (χ0) is 19.3. The Kier molecular flexibility index (Phi) is 5.63. The van der Waals surface area contributed by atoms with Gasteiger partial charge in [0.2, 0.25) is 6.61 Å². The van der Waals surface area contributed by atoms with Gasteiger partial charge in [0.25, 0.3) is 0 Å². The van der Waals surface area contributed by atoms with E-state index in [1.807, 2.05) is 43.3 Å². The van der Waals surface area contributed by atoms with E-state index < -0.39 is 12.8 Å². The first-order chi connectivity index (χ1) is 12.9. The van der Waals surface area contributed by atoms with Gasteiger partial charge in [-0.2, -0.15) is 17.9 Å². The van der Waals surface area contributed by atoms with Crippen molar-refractivity contribution in [2.24, 2.45) is 5.16 Å². The second-order valence-electron chi connectivity index (χ2n) is 5.89. The van der Waals surface area contributed by atoms with Crippen LogP contribution >= 0.6 is 0 Å². The van der Waals surface area contributed by atoms with Crippen molar-refractivity contribution in [3.8, 4) is 0 Å². The molecule has 0 amide bonds. The molecule has 27 heavy (non-hydrogen) atoms. The topological polar surface area (TPSA) is 48.6 Å². The molecule has 5 nitrogen and oxygen atoms in total. The molecule has 3 aromatic rings. The monoisotopic (exact) mass is 377 g/mol. The first-order valence-corrected chi connectivity index (χ1v) is 8.31. The highest BCUT2D eigenvalue weighted by atomic mass is 19.4. The summed E-state index contributed by atoms with van der Waals surface area (Å²) in [6.45, 7) is 0.944. The molecule has 0 saturated heterocycles. The highest BCUT2D eigenvalue weighted by Crippen LogP contribution is 2.15. The fourth-order valence-electron chi connectivity index (χ4n) is 2.52. The van der Waals surface area contributed by atoms with Gasteiger partial charge < -0.3 is 9.68 Å². The van der Waals surface area contributed by atoms with Crippen LogP contribution in [0.1, 0.15) is 17.0 Å². The number of nitrogens with zero attached hydrogens (tertiary/aromatic N) is 3. The minimum atomic E-state index is -4.39. The molecule has 0 aliphatic carbocycles. The molecular weight excluding hydrogens is 359 g/mol. The molecule has 0 atom stereocenters. The summed E-state index contributed by atoms with van der Waals surface area (Å²) in [6.07, 6.45) is -2.47.